The van der Waals surface area contributed by atoms with Gasteiger partial charge in [-0.25, -0.2) is 23.4 Å². The minimum Gasteiger partial charge on any atom is -0.479 e. The molecule has 2 aromatic heterocycles. The van der Waals surface area contributed by atoms with Gasteiger partial charge in [-0.1, -0.05) is 12.1 Å². The van der Waals surface area contributed by atoms with Crippen molar-refractivity contribution in [3.63, 3.8) is 0 Å². The summed E-state index contributed by atoms with van der Waals surface area (Å²) >= 11 is 5.79. The lowest BCUT2D eigenvalue weighted by molar-refractivity contribution is -0.188. The highest BCUT2D eigenvalue weighted by Crippen LogP contribution is 2.27. The largest absolute Gasteiger partial charge is 0.479 e. The van der Waals surface area contributed by atoms with Crippen LogP contribution in [0.4, 0.5) is 14.6 Å². The molecule has 4 N–H and O–H groups in total. The number of hydrogen-bond acceptors (Lipinski definition) is 8. The summed E-state index contributed by atoms with van der Waals surface area (Å²) in [5.41, 5.74) is 3.42. The summed E-state index contributed by atoms with van der Waals surface area (Å²) in [6.07, 6.45) is -2.99. The number of aryl methyl sites for hydroxylation is 1. The van der Waals surface area contributed by atoms with Crippen molar-refractivity contribution >= 4 is 40.5 Å². The number of alkyl halides is 1. The quantitative estimate of drug-likeness (QED) is 0.256. The van der Waals surface area contributed by atoms with Crippen LogP contribution in [0.1, 0.15) is 23.8 Å². The molecule has 1 aromatic carbocycles. The van der Waals surface area contributed by atoms with Gasteiger partial charge in [0.2, 0.25) is 5.28 Å². The maximum atomic E-state index is 15.1. The van der Waals surface area contributed by atoms with E-state index in [1.54, 1.807) is 6.92 Å². The highest BCUT2D eigenvalue weighted by Gasteiger charge is 2.49. The molecule has 0 bridgehead atoms. The number of nitrogens with two attached hydrogens (primary N) is 1. The number of rotatable bonds is 11. The van der Waals surface area contributed by atoms with Crippen molar-refractivity contribution in [1.82, 2.24) is 19.5 Å². The molecule has 35 heavy (non-hydrogen) atoms. The number of anilines is 1. The Kier molecular flexibility index (Phi) is 7.83. The molecule has 3 aromatic rings. The van der Waals surface area contributed by atoms with Crippen LogP contribution in [0.2, 0.25) is 5.28 Å². The van der Waals surface area contributed by atoms with E-state index < -0.39 is 55.2 Å². The molecule has 2 atom stereocenters. The molecule has 11 nitrogen and oxygen atoms in total. The van der Waals surface area contributed by atoms with Crippen LogP contribution < -0.4 is 5.73 Å². The van der Waals surface area contributed by atoms with Crippen molar-refractivity contribution in [1.29, 1.82) is 0 Å². The maximum Gasteiger partial charge on any atom is 0.348 e. The number of carbonyl (C=O) groups is 2. The second-order valence-corrected chi connectivity index (χ2v) is 8.09. The first-order valence-electron chi connectivity index (χ1n) is 10.2. The van der Waals surface area contributed by atoms with E-state index in [4.69, 9.17) is 26.8 Å². The number of ether oxygens (including phenoxy) is 2. The molecule has 0 aliphatic heterocycles. The van der Waals surface area contributed by atoms with Gasteiger partial charge in [0.1, 0.15) is 11.3 Å². The monoisotopic (exact) mass is 513 g/mol. The zero-order valence-corrected chi connectivity index (χ0v) is 19.4. The summed E-state index contributed by atoms with van der Waals surface area (Å²) in [4.78, 5) is 35.6. The van der Waals surface area contributed by atoms with Crippen molar-refractivity contribution < 1.29 is 38.1 Å². The van der Waals surface area contributed by atoms with Crippen molar-refractivity contribution in [2.24, 2.45) is 0 Å². The number of halogens is 3. The summed E-state index contributed by atoms with van der Waals surface area (Å²) in [6, 6.07) is 3.94. The van der Waals surface area contributed by atoms with Gasteiger partial charge >= 0.3 is 11.9 Å². The zero-order chi connectivity index (χ0) is 25.9. The van der Waals surface area contributed by atoms with Gasteiger partial charge in [-0.05, 0) is 35.7 Å². The van der Waals surface area contributed by atoms with Crippen LogP contribution in [-0.4, -0.2) is 67.1 Å². The molecule has 3 rings (SSSR count). The number of fused-ring (bicyclic) bond motifs is 1. The van der Waals surface area contributed by atoms with Crippen LogP contribution in [0.15, 0.2) is 24.5 Å². The maximum absolute atomic E-state index is 15.1. The second-order valence-electron chi connectivity index (χ2n) is 7.75. The summed E-state index contributed by atoms with van der Waals surface area (Å²) in [5.74, 6) is -4.52. The van der Waals surface area contributed by atoms with Crippen LogP contribution in [0.3, 0.4) is 0 Å². The van der Waals surface area contributed by atoms with Gasteiger partial charge < -0.3 is 25.4 Å². The van der Waals surface area contributed by atoms with E-state index in [0.717, 1.165) is 17.0 Å². The Bertz CT molecular complexity index is 1240. The van der Waals surface area contributed by atoms with E-state index in [1.807, 2.05) is 0 Å². The molecule has 0 saturated heterocycles. The van der Waals surface area contributed by atoms with E-state index in [-0.39, 0.29) is 27.8 Å². The fraction of sp³-hybridized carbons (Fsp3) is 0.381. The van der Waals surface area contributed by atoms with Crippen molar-refractivity contribution in [3.05, 3.63) is 46.8 Å². The molecule has 2 heterocycles. The van der Waals surface area contributed by atoms with E-state index in [2.05, 4.69) is 15.0 Å². The molecule has 2 unspecified atom stereocenters. The summed E-state index contributed by atoms with van der Waals surface area (Å²) < 4.78 is 41.0. The standard InChI is InChI=1S/C21H22ClF2N5O6/c1-10-3-4-11(13(23)5-10)7-21(18(30)31,19(32)33)35-8-12(34-2)6-14(24)29-9-26-15-16(25)27-20(22)28-17(15)29/h3-5,9,12,14H,6-8H2,1-2H3,(H,30,31)(H,32,33)(H2,25,27,28). The Morgan fingerprint density at radius 1 is 1.29 bits per heavy atom. The number of aliphatic carboxylic acids is 2. The molecule has 0 radical (unpaired) electrons. The zero-order valence-electron chi connectivity index (χ0n) is 18.6. The van der Waals surface area contributed by atoms with Crippen LogP contribution in [0, 0.1) is 12.7 Å². The first kappa shape index (κ1) is 26.2. The molecular weight excluding hydrogens is 492 g/mol. The average molecular weight is 514 g/mol. The number of hydrogen-bond donors (Lipinski definition) is 3. The van der Waals surface area contributed by atoms with Crippen LogP contribution >= 0.6 is 11.6 Å². The summed E-state index contributed by atoms with van der Waals surface area (Å²) in [5, 5.41) is 19.2. The Labute approximate surface area is 202 Å². The van der Waals surface area contributed by atoms with Gasteiger partial charge in [0, 0.05) is 20.0 Å². The van der Waals surface area contributed by atoms with Gasteiger partial charge in [-0.15, -0.1) is 0 Å². The summed E-state index contributed by atoms with van der Waals surface area (Å²) in [6.45, 7) is 0.993. The van der Waals surface area contributed by atoms with Gasteiger partial charge in [0.25, 0.3) is 5.60 Å². The van der Waals surface area contributed by atoms with E-state index in [0.29, 0.717) is 5.56 Å². The number of nitrogen functional groups attached to an aromatic ring is 1. The number of carboxylic acid groups (broad SMARTS) is 2. The normalized spacial score (nSPS) is 13.6. The van der Waals surface area contributed by atoms with Crippen molar-refractivity contribution in [3.8, 4) is 0 Å². The molecule has 0 amide bonds. The lowest BCUT2D eigenvalue weighted by atomic mass is 9.93. The van der Waals surface area contributed by atoms with Crippen molar-refractivity contribution in [2.45, 2.75) is 37.8 Å². The fourth-order valence-electron chi connectivity index (χ4n) is 3.39. The molecular formula is C21H22ClF2N5O6. The Morgan fingerprint density at radius 2 is 1.97 bits per heavy atom. The van der Waals surface area contributed by atoms with Gasteiger partial charge in [0.05, 0.1) is 19.0 Å². The number of benzene rings is 1. The van der Waals surface area contributed by atoms with E-state index >= 15 is 4.39 Å². The van der Waals surface area contributed by atoms with Crippen LogP contribution in [0.5, 0.6) is 0 Å². The molecule has 0 aliphatic rings. The highest BCUT2D eigenvalue weighted by atomic mass is 35.5. The Balaban J connectivity index is 1.80. The number of aromatic nitrogens is 4. The minimum atomic E-state index is -2.84. The third-order valence-electron chi connectivity index (χ3n) is 5.37. The molecule has 188 valence electrons. The second kappa shape index (κ2) is 10.5. The predicted octanol–water partition coefficient (Wildman–Crippen LogP) is 2.55. The molecule has 14 heteroatoms. The lowest BCUT2D eigenvalue weighted by Crippen LogP contribution is -2.52. The summed E-state index contributed by atoms with van der Waals surface area (Å²) in [7, 11) is 1.21. The van der Waals surface area contributed by atoms with Crippen LogP contribution in [-0.2, 0) is 25.5 Å². The molecule has 0 spiro atoms. The molecule has 0 saturated carbocycles. The number of nitrogens with zero attached hydrogens (tertiary/aromatic N) is 4. The smallest absolute Gasteiger partial charge is 0.348 e. The number of carboxylic acids is 2. The highest BCUT2D eigenvalue weighted by molar-refractivity contribution is 6.28. The first-order valence-corrected chi connectivity index (χ1v) is 10.5. The molecule has 0 aliphatic carbocycles. The van der Waals surface area contributed by atoms with Gasteiger partial charge in [-0.3, -0.25) is 4.57 Å². The Hall–Kier alpha value is -3.42. The van der Waals surface area contributed by atoms with E-state index in [1.165, 1.54) is 19.2 Å². The fourth-order valence-corrected chi connectivity index (χ4v) is 3.57. The first-order chi connectivity index (χ1) is 16.5. The number of imidazole rings is 1. The minimum absolute atomic E-state index is 0.0195. The SMILES string of the molecule is COC(COC(Cc1ccc(C)cc1F)(C(=O)O)C(=O)O)CC(F)n1cnc2c(N)nc(Cl)nc21. The third-order valence-corrected chi connectivity index (χ3v) is 5.54. The van der Waals surface area contributed by atoms with Gasteiger partial charge in [-0.2, -0.15) is 9.97 Å². The average Bonchev–Trinajstić information content (AvgIpc) is 3.20. The van der Waals surface area contributed by atoms with Gasteiger partial charge in [0.15, 0.2) is 17.8 Å². The number of methoxy groups -OCH3 is 1. The molecule has 0 fully saturated rings. The van der Waals surface area contributed by atoms with E-state index in [9.17, 15) is 24.2 Å². The lowest BCUT2D eigenvalue weighted by Gasteiger charge is -2.28. The Morgan fingerprint density at radius 3 is 2.57 bits per heavy atom. The van der Waals surface area contributed by atoms with Crippen LogP contribution in [0.25, 0.3) is 11.2 Å². The predicted molar refractivity (Wildman–Crippen MR) is 119 cm³/mol. The van der Waals surface area contributed by atoms with Crippen molar-refractivity contribution in [2.75, 3.05) is 19.5 Å². The third kappa shape index (κ3) is 5.47. The topological polar surface area (TPSA) is 163 Å².